The molecule has 9 nitrogen and oxygen atoms in total. The second kappa shape index (κ2) is 8.96. The fourth-order valence-corrected chi connectivity index (χ4v) is 2.75. The van der Waals surface area contributed by atoms with Crippen LogP contribution in [0.3, 0.4) is 0 Å². The average molecular weight is 398 g/mol. The fourth-order valence-electron chi connectivity index (χ4n) is 2.75. The van der Waals surface area contributed by atoms with Crippen molar-refractivity contribution in [2.75, 3.05) is 32.0 Å². The van der Waals surface area contributed by atoms with E-state index in [1.807, 2.05) is 0 Å². The zero-order valence-electron chi connectivity index (χ0n) is 16.3. The van der Waals surface area contributed by atoms with Crippen LogP contribution in [0.15, 0.2) is 47.5 Å². The molecule has 3 N–H and O–H groups in total. The predicted molar refractivity (Wildman–Crippen MR) is 109 cm³/mol. The van der Waals surface area contributed by atoms with Crippen molar-refractivity contribution < 1.29 is 23.8 Å². The molecule has 0 aliphatic carbocycles. The van der Waals surface area contributed by atoms with Crippen LogP contribution in [-0.2, 0) is 9.59 Å². The van der Waals surface area contributed by atoms with Crippen LogP contribution >= 0.6 is 0 Å². The standard InChI is InChI=1S/C20H22N4O5/c1-27-13-6-4-12(5-7-13)21-20-23-16(19(26)24-20)11-18(25)22-15-10-14(28-2)8-9-17(15)29-3/h4-10,16H,11H2,1-3H3,(H,22,25)(H2,21,23,24,26)/t16-/m1/s1. The first kappa shape index (κ1) is 20.0. The zero-order valence-corrected chi connectivity index (χ0v) is 16.3. The van der Waals surface area contributed by atoms with Crippen LogP contribution in [0, 0.1) is 0 Å². The molecule has 2 amide bonds. The molecule has 1 aliphatic rings. The van der Waals surface area contributed by atoms with Gasteiger partial charge in [0.1, 0.15) is 23.3 Å². The number of amides is 2. The molecule has 1 atom stereocenters. The lowest BCUT2D eigenvalue weighted by atomic mass is 10.2. The average Bonchev–Trinajstić information content (AvgIpc) is 3.06. The summed E-state index contributed by atoms with van der Waals surface area (Å²) in [4.78, 5) is 28.9. The van der Waals surface area contributed by atoms with Crippen molar-refractivity contribution in [3.8, 4) is 17.2 Å². The molecule has 0 unspecified atom stereocenters. The van der Waals surface area contributed by atoms with Gasteiger partial charge in [0.2, 0.25) is 11.9 Å². The highest BCUT2D eigenvalue weighted by Gasteiger charge is 2.29. The normalized spacial score (nSPS) is 15.2. The summed E-state index contributed by atoms with van der Waals surface area (Å²) in [5, 5.41) is 8.37. The number of guanidine groups is 1. The maximum atomic E-state index is 12.4. The molecule has 152 valence electrons. The van der Waals surface area contributed by atoms with Crippen molar-refractivity contribution >= 4 is 29.1 Å². The molecule has 1 heterocycles. The van der Waals surface area contributed by atoms with Crippen LogP contribution in [0.1, 0.15) is 6.42 Å². The number of rotatable bonds is 7. The van der Waals surface area contributed by atoms with Gasteiger partial charge in [-0.1, -0.05) is 0 Å². The Morgan fingerprint density at radius 2 is 1.72 bits per heavy atom. The van der Waals surface area contributed by atoms with Gasteiger partial charge >= 0.3 is 0 Å². The van der Waals surface area contributed by atoms with Crippen molar-refractivity contribution in [3.63, 3.8) is 0 Å². The number of hydrogen-bond acceptors (Lipinski definition) is 7. The van der Waals surface area contributed by atoms with E-state index in [2.05, 4.69) is 20.9 Å². The summed E-state index contributed by atoms with van der Waals surface area (Å²) in [6.45, 7) is 0. The van der Waals surface area contributed by atoms with Gasteiger partial charge in [-0.2, -0.15) is 0 Å². The van der Waals surface area contributed by atoms with E-state index in [0.717, 1.165) is 11.4 Å². The van der Waals surface area contributed by atoms with Crippen molar-refractivity contribution in [2.45, 2.75) is 12.5 Å². The monoisotopic (exact) mass is 398 g/mol. The summed E-state index contributed by atoms with van der Waals surface area (Å²) < 4.78 is 15.5. The lowest BCUT2D eigenvalue weighted by Gasteiger charge is -2.12. The number of hydrogen-bond donors (Lipinski definition) is 3. The molecule has 0 bridgehead atoms. The molecule has 0 saturated carbocycles. The van der Waals surface area contributed by atoms with Crippen molar-refractivity contribution in [1.82, 2.24) is 5.32 Å². The van der Waals surface area contributed by atoms with Gasteiger partial charge in [0, 0.05) is 11.8 Å². The summed E-state index contributed by atoms with van der Waals surface area (Å²) in [6.07, 6.45) is -0.111. The van der Waals surface area contributed by atoms with Crippen molar-refractivity contribution in [2.24, 2.45) is 4.99 Å². The third-order valence-electron chi connectivity index (χ3n) is 4.24. The Labute approximate surface area is 168 Å². The van der Waals surface area contributed by atoms with Crippen LogP contribution in [0.2, 0.25) is 0 Å². The van der Waals surface area contributed by atoms with E-state index in [9.17, 15) is 9.59 Å². The highest BCUT2D eigenvalue weighted by Crippen LogP contribution is 2.29. The molecule has 2 aromatic rings. The third-order valence-corrected chi connectivity index (χ3v) is 4.24. The Hall–Kier alpha value is -3.75. The zero-order chi connectivity index (χ0) is 20.8. The summed E-state index contributed by atoms with van der Waals surface area (Å²) in [5.74, 6) is 1.34. The van der Waals surface area contributed by atoms with E-state index < -0.39 is 6.04 Å². The van der Waals surface area contributed by atoms with Gasteiger partial charge < -0.3 is 24.8 Å². The minimum atomic E-state index is -0.827. The number of benzene rings is 2. The van der Waals surface area contributed by atoms with E-state index in [-0.39, 0.29) is 24.2 Å². The summed E-state index contributed by atoms with van der Waals surface area (Å²) >= 11 is 0. The second-order valence-corrected chi connectivity index (χ2v) is 6.15. The number of carbonyl (C=O) groups excluding carboxylic acids is 2. The Morgan fingerprint density at radius 3 is 2.38 bits per heavy atom. The second-order valence-electron chi connectivity index (χ2n) is 6.15. The Bertz CT molecular complexity index is 927. The Kier molecular flexibility index (Phi) is 6.18. The van der Waals surface area contributed by atoms with Crippen molar-refractivity contribution in [1.29, 1.82) is 0 Å². The largest absolute Gasteiger partial charge is 0.497 e. The number of aliphatic imine (C=N–C) groups is 1. The highest BCUT2D eigenvalue weighted by atomic mass is 16.5. The quantitative estimate of drug-likeness (QED) is 0.658. The first-order chi connectivity index (χ1) is 14.0. The SMILES string of the molecule is COc1ccc(NC2=N[C@H](CC(=O)Nc3cc(OC)ccc3OC)C(=O)N2)cc1. The van der Waals surface area contributed by atoms with Gasteiger partial charge in [-0.05, 0) is 36.4 Å². The van der Waals surface area contributed by atoms with E-state index in [1.54, 1.807) is 49.6 Å². The van der Waals surface area contributed by atoms with E-state index in [1.165, 1.54) is 14.2 Å². The van der Waals surface area contributed by atoms with Crippen LogP contribution < -0.4 is 30.2 Å². The first-order valence-electron chi connectivity index (χ1n) is 8.84. The minimum absolute atomic E-state index is 0.111. The van der Waals surface area contributed by atoms with Gasteiger partial charge in [-0.3, -0.25) is 14.9 Å². The molecular formula is C20H22N4O5. The molecule has 0 aromatic heterocycles. The maximum Gasteiger partial charge on any atom is 0.252 e. The first-order valence-corrected chi connectivity index (χ1v) is 8.84. The van der Waals surface area contributed by atoms with E-state index >= 15 is 0 Å². The molecule has 0 radical (unpaired) electrons. The van der Waals surface area contributed by atoms with Crippen LogP contribution in [0.4, 0.5) is 11.4 Å². The molecule has 29 heavy (non-hydrogen) atoms. The highest BCUT2D eigenvalue weighted by molar-refractivity contribution is 6.11. The Balaban J connectivity index is 1.63. The molecule has 0 fully saturated rings. The molecule has 9 heteroatoms. The molecule has 3 rings (SSSR count). The van der Waals surface area contributed by atoms with Gasteiger partial charge in [0.05, 0.1) is 33.4 Å². The molecular weight excluding hydrogens is 376 g/mol. The lowest BCUT2D eigenvalue weighted by Crippen LogP contribution is -2.33. The van der Waals surface area contributed by atoms with Gasteiger partial charge in [-0.25, -0.2) is 4.99 Å². The fraction of sp³-hybridized carbons (Fsp3) is 0.250. The molecule has 0 spiro atoms. The molecule has 0 saturated heterocycles. The third kappa shape index (κ3) is 4.95. The van der Waals surface area contributed by atoms with Crippen molar-refractivity contribution in [3.05, 3.63) is 42.5 Å². The molecule has 1 aliphatic heterocycles. The van der Waals surface area contributed by atoms with E-state index in [0.29, 0.717) is 17.2 Å². The van der Waals surface area contributed by atoms with Gasteiger partial charge in [-0.15, -0.1) is 0 Å². The number of nitrogens with one attached hydrogen (secondary N) is 3. The minimum Gasteiger partial charge on any atom is -0.497 e. The Morgan fingerprint density at radius 1 is 1.03 bits per heavy atom. The summed E-state index contributed by atoms with van der Waals surface area (Å²) in [6, 6.07) is 11.4. The lowest BCUT2D eigenvalue weighted by molar-refractivity contribution is -0.123. The smallest absolute Gasteiger partial charge is 0.252 e. The number of nitrogens with zero attached hydrogens (tertiary/aromatic N) is 1. The topological polar surface area (TPSA) is 110 Å². The number of carbonyl (C=O) groups is 2. The van der Waals surface area contributed by atoms with E-state index in [4.69, 9.17) is 14.2 Å². The van der Waals surface area contributed by atoms with Crippen LogP contribution in [0.5, 0.6) is 17.2 Å². The summed E-state index contributed by atoms with van der Waals surface area (Å²) in [7, 11) is 4.62. The van der Waals surface area contributed by atoms with Gasteiger partial charge in [0.15, 0.2) is 0 Å². The van der Waals surface area contributed by atoms with Gasteiger partial charge in [0.25, 0.3) is 5.91 Å². The number of ether oxygens (including phenoxy) is 3. The van der Waals surface area contributed by atoms with Crippen LogP contribution in [0.25, 0.3) is 0 Å². The number of methoxy groups -OCH3 is 3. The summed E-state index contributed by atoms with van der Waals surface area (Å²) in [5.41, 5.74) is 1.19. The van der Waals surface area contributed by atoms with Crippen LogP contribution in [-0.4, -0.2) is 45.1 Å². The maximum absolute atomic E-state index is 12.4. The predicted octanol–water partition coefficient (Wildman–Crippen LogP) is 2.01. The number of anilines is 2. The molecule has 2 aromatic carbocycles.